The number of benzene rings is 2. The van der Waals surface area contributed by atoms with Crippen LogP contribution in [0.5, 0.6) is 5.75 Å². The zero-order chi connectivity index (χ0) is 15.4. The van der Waals surface area contributed by atoms with Gasteiger partial charge in [0.1, 0.15) is 11.9 Å². The first-order valence-corrected chi connectivity index (χ1v) is 7.23. The highest BCUT2D eigenvalue weighted by Crippen LogP contribution is 2.29. The highest BCUT2D eigenvalue weighted by Gasteiger charge is 2.28. The number of nitrogens with one attached hydrogen (secondary N) is 1. The Morgan fingerprint density at radius 1 is 1.09 bits per heavy atom. The summed E-state index contributed by atoms with van der Waals surface area (Å²) in [6.07, 6.45) is -0.774. The summed E-state index contributed by atoms with van der Waals surface area (Å²) < 4.78 is 38.6. The maximum Gasteiger partial charge on any atom is 0.165 e. The van der Waals surface area contributed by atoms with Crippen molar-refractivity contribution < 1.29 is 18.3 Å². The van der Waals surface area contributed by atoms with Crippen LogP contribution in [0, 0.1) is 11.6 Å². The fourth-order valence-corrected chi connectivity index (χ4v) is 2.47. The minimum atomic E-state index is -0.509. The van der Waals surface area contributed by atoms with Gasteiger partial charge in [-0.25, -0.2) is 8.78 Å². The number of hydrogen-bond donors (Lipinski definition) is 1. The van der Waals surface area contributed by atoms with Gasteiger partial charge in [-0.1, -0.05) is 24.3 Å². The Bertz CT molecular complexity index is 612. The smallest absolute Gasteiger partial charge is 0.165 e. The van der Waals surface area contributed by atoms with Crippen LogP contribution in [0.1, 0.15) is 11.7 Å². The Morgan fingerprint density at radius 2 is 1.86 bits per heavy atom. The maximum atomic E-state index is 13.9. The standard InChI is InChI=1S/C17H17F2NO2/c18-13-7-5-12(6-8-13)17(16-11-20-9-10-21-16)22-15-4-2-1-3-14(15)19/h1-8,16-17,20H,9-11H2/t16?,17-/m0/s1. The molecule has 1 saturated heterocycles. The topological polar surface area (TPSA) is 30.5 Å². The predicted octanol–water partition coefficient (Wildman–Crippen LogP) is 3.07. The van der Waals surface area contributed by atoms with Gasteiger partial charge in [0.15, 0.2) is 17.7 Å². The molecule has 1 heterocycles. The van der Waals surface area contributed by atoms with Gasteiger partial charge in [0, 0.05) is 13.1 Å². The van der Waals surface area contributed by atoms with Crippen molar-refractivity contribution in [3.8, 4) is 5.75 Å². The highest BCUT2D eigenvalue weighted by molar-refractivity contribution is 5.27. The van der Waals surface area contributed by atoms with Gasteiger partial charge >= 0.3 is 0 Å². The molecule has 5 heteroatoms. The molecule has 0 saturated carbocycles. The molecule has 1 fully saturated rings. The molecule has 1 unspecified atom stereocenters. The van der Waals surface area contributed by atoms with Gasteiger partial charge in [0.25, 0.3) is 0 Å². The maximum absolute atomic E-state index is 13.9. The zero-order valence-electron chi connectivity index (χ0n) is 12.0. The predicted molar refractivity (Wildman–Crippen MR) is 78.8 cm³/mol. The fourth-order valence-electron chi connectivity index (χ4n) is 2.47. The quantitative estimate of drug-likeness (QED) is 0.941. The molecule has 1 aliphatic heterocycles. The molecule has 0 aromatic heterocycles. The van der Waals surface area contributed by atoms with Gasteiger partial charge in [-0.2, -0.15) is 0 Å². The van der Waals surface area contributed by atoms with Crippen LogP contribution in [0.3, 0.4) is 0 Å². The SMILES string of the molecule is Fc1ccc([C@H](Oc2ccccc2F)C2CNCCO2)cc1. The Morgan fingerprint density at radius 3 is 2.55 bits per heavy atom. The summed E-state index contributed by atoms with van der Waals surface area (Å²) in [6.45, 7) is 1.92. The third-order valence-electron chi connectivity index (χ3n) is 3.58. The molecule has 0 aliphatic carbocycles. The average Bonchev–Trinajstić information content (AvgIpc) is 2.56. The fraction of sp³-hybridized carbons (Fsp3) is 0.294. The van der Waals surface area contributed by atoms with E-state index in [1.807, 2.05) is 0 Å². The molecule has 2 aromatic carbocycles. The summed E-state index contributed by atoms with van der Waals surface area (Å²) in [4.78, 5) is 0. The van der Waals surface area contributed by atoms with E-state index in [0.29, 0.717) is 13.2 Å². The van der Waals surface area contributed by atoms with Crippen LogP contribution in [0.2, 0.25) is 0 Å². The van der Waals surface area contributed by atoms with Crippen LogP contribution in [0.15, 0.2) is 48.5 Å². The summed E-state index contributed by atoms with van der Waals surface area (Å²) >= 11 is 0. The van der Waals surface area contributed by atoms with E-state index >= 15 is 0 Å². The van der Waals surface area contributed by atoms with E-state index in [2.05, 4.69) is 5.32 Å². The van der Waals surface area contributed by atoms with Crippen LogP contribution < -0.4 is 10.1 Å². The number of morpholine rings is 1. The third-order valence-corrected chi connectivity index (χ3v) is 3.58. The van der Waals surface area contributed by atoms with Crippen LogP contribution in [0.4, 0.5) is 8.78 Å². The molecule has 1 aliphatic rings. The van der Waals surface area contributed by atoms with Crippen molar-refractivity contribution in [2.24, 2.45) is 0 Å². The van der Waals surface area contributed by atoms with Crippen LogP contribution >= 0.6 is 0 Å². The van der Waals surface area contributed by atoms with E-state index < -0.39 is 11.9 Å². The number of para-hydroxylation sites is 1. The van der Waals surface area contributed by atoms with Crippen LogP contribution in [-0.2, 0) is 4.74 Å². The van der Waals surface area contributed by atoms with Crippen molar-refractivity contribution in [2.75, 3.05) is 19.7 Å². The molecule has 1 N–H and O–H groups in total. The lowest BCUT2D eigenvalue weighted by molar-refractivity contribution is -0.0442. The number of rotatable bonds is 4. The molecular formula is C17H17F2NO2. The molecule has 0 spiro atoms. The second kappa shape index (κ2) is 6.85. The van der Waals surface area contributed by atoms with E-state index in [9.17, 15) is 8.78 Å². The van der Waals surface area contributed by atoms with Crippen LogP contribution in [0.25, 0.3) is 0 Å². The first-order valence-electron chi connectivity index (χ1n) is 7.23. The summed E-state index contributed by atoms with van der Waals surface area (Å²) in [5.74, 6) is -0.597. The van der Waals surface area contributed by atoms with Gasteiger partial charge < -0.3 is 14.8 Å². The Labute approximate surface area is 127 Å². The second-order valence-electron chi connectivity index (χ2n) is 5.13. The molecule has 3 rings (SSSR count). The third kappa shape index (κ3) is 3.43. The minimum absolute atomic E-state index is 0.158. The largest absolute Gasteiger partial charge is 0.480 e. The summed E-state index contributed by atoms with van der Waals surface area (Å²) in [5.41, 5.74) is 0.748. The van der Waals surface area contributed by atoms with Crippen LogP contribution in [-0.4, -0.2) is 25.8 Å². The van der Waals surface area contributed by atoms with Crippen molar-refractivity contribution in [1.82, 2.24) is 5.32 Å². The van der Waals surface area contributed by atoms with Crippen molar-refractivity contribution in [3.05, 3.63) is 65.7 Å². The molecule has 116 valence electrons. The Kier molecular flexibility index (Phi) is 4.65. The molecule has 2 aromatic rings. The molecule has 22 heavy (non-hydrogen) atoms. The molecular weight excluding hydrogens is 288 g/mol. The Balaban J connectivity index is 1.88. The lowest BCUT2D eigenvalue weighted by Gasteiger charge is -2.31. The van der Waals surface area contributed by atoms with Gasteiger partial charge in [-0.05, 0) is 29.8 Å². The second-order valence-corrected chi connectivity index (χ2v) is 5.13. The van der Waals surface area contributed by atoms with Crippen molar-refractivity contribution in [3.63, 3.8) is 0 Å². The normalized spacial score (nSPS) is 19.6. The number of ether oxygens (including phenoxy) is 2. The summed E-state index contributed by atoms with van der Waals surface area (Å²) in [5, 5.41) is 3.22. The number of halogens is 2. The van der Waals surface area contributed by atoms with Gasteiger partial charge in [0.2, 0.25) is 0 Å². The molecule has 0 amide bonds. The zero-order valence-corrected chi connectivity index (χ0v) is 12.0. The molecule has 0 bridgehead atoms. The first kappa shape index (κ1) is 14.9. The minimum Gasteiger partial charge on any atom is -0.480 e. The first-order chi connectivity index (χ1) is 10.7. The lowest BCUT2D eigenvalue weighted by atomic mass is 10.0. The van der Waals surface area contributed by atoms with E-state index in [0.717, 1.165) is 12.1 Å². The molecule has 0 radical (unpaired) electrons. The van der Waals surface area contributed by atoms with Gasteiger partial charge in [-0.15, -0.1) is 0 Å². The van der Waals surface area contributed by atoms with Crippen molar-refractivity contribution >= 4 is 0 Å². The van der Waals surface area contributed by atoms with E-state index in [1.165, 1.54) is 18.2 Å². The molecule has 2 atom stereocenters. The van der Waals surface area contributed by atoms with Crippen molar-refractivity contribution in [2.45, 2.75) is 12.2 Å². The van der Waals surface area contributed by atoms with Crippen molar-refractivity contribution in [1.29, 1.82) is 0 Å². The summed E-state index contributed by atoms with van der Waals surface area (Å²) in [6, 6.07) is 12.2. The summed E-state index contributed by atoms with van der Waals surface area (Å²) in [7, 11) is 0. The van der Waals surface area contributed by atoms with E-state index in [1.54, 1.807) is 30.3 Å². The molecule has 3 nitrogen and oxygen atoms in total. The monoisotopic (exact) mass is 305 g/mol. The van der Waals surface area contributed by atoms with Gasteiger partial charge in [0.05, 0.1) is 6.61 Å². The highest BCUT2D eigenvalue weighted by atomic mass is 19.1. The Hall–Kier alpha value is -1.98. The average molecular weight is 305 g/mol. The van der Waals surface area contributed by atoms with Gasteiger partial charge in [-0.3, -0.25) is 0 Å². The number of hydrogen-bond acceptors (Lipinski definition) is 3. The van der Waals surface area contributed by atoms with E-state index in [-0.39, 0.29) is 17.7 Å². The van der Waals surface area contributed by atoms with E-state index in [4.69, 9.17) is 9.47 Å². The lowest BCUT2D eigenvalue weighted by Crippen LogP contribution is -2.43.